The van der Waals surface area contributed by atoms with Gasteiger partial charge in [0.15, 0.2) is 5.82 Å². The molecule has 0 bridgehead atoms. The number of nitrogens with one attached hydrogen (secondary N) is 2. The Morgan fingerprint density at radius 2 is 1.95 bits per heavy atom. The van der Waals surface area contributed by atoms with Crippen LogP contribution in [-0.4, -0.2) is 26.8 Å². The topological polar surface area (TPSA) is 88.9 Å². The summed E-state index contributed by atoms with van der Waals surface area (Å²) in [4.78, 5) is 22.5. The fraction of sp³-hybridized carbons (Fsp3) is 0.167. The highest BCUT2D eigenvalue weighted by molar-refractivity contribution is 5.90. The van der Waals surface area contributed by atoms with Crippen molar-refractivity contribution in [3.63, 3.8) is 0 Å². The Bertz CT molecular complexity index is 623. The monoisotopic (exact) mass is 277 g/mol. The molecule has 0 fully saturated rings. The molecule has 0 saturated carbocycles. The molecule has 2 amide bonds. The van der Waals surface area contributed by atoms with Crippen molar-refractivity contribution in [1.29, 1.82) is 0 Å². The van der Waals surface area contributed by atoms with E-state index in [9.17, 15) is 14.0 Å². The average molecular weight is 277 g/mol. The van der Waals surface area contributed by atoms with Gasteiger partial charge in [-0.15, -0.1) is 5.10 Å². The third-order valence-corrected chi connectivity index (χ3v) is 2.28. The lowest BCUT2D eigenvalue weighted by Crippen LogP contribution is -2.19. The summed E-state index contributed by atoms with van der Waals surface area (Å²) < 4.78 is 14.0. The smallest absolute Gasteiger partial charge is 0.246 e. The molecule has 7 nitrogen and oxygen atoms in total. The van der Waals surface area contributed by atoms with Gasteiger partial charge in [0.25, 0.3) is 0 Å². The van der Waals surface area contributed by atoms with E-state index in [1.807, 2.05) is 0 Å². The Balaban J connectivity index is 1.92. The van der Waals surface area contributed by atoms with Crippen molar-refractivity contribution in [2.24, 2.45) is 0 Å². The summed E-state index contributed by atoms with van der Waals surface area (Å²) in [5.41, 5.74) is 0.485. The van der Waals surface area contributed by atoms with Gasteiger partial charge in [-0.3, -0.25) is 9.59 Å². The highest BCUT2D eigenvalue weighted by Gasteiger charge is 2.07. The third kappa shape index (κ3) is 3.87. The van der Waals surface area contributed by atoms with Gasteiger partial charge in [-0.25, -0.2) is 9.07 Å². The second kappa shape index (κ2) is 5.91. The van der Waals surface area contributed by atoms with Gasteiger partial charge in [0, 0.05) is 12.6 Å². The highest BCUT2D eigenvalue weighted by atomic mass is 19.1. The first kappa shape index (κ1) is 13.7. The number of anilines is 2. The van der Waals surface area contributed by atoms with Crippen molar-refractivity contribution in [2.75, 3.05) is 10.6 Å². The Morgan fingerprint density at radius 1 is 1.25 bits per heavy atom. The minimum Gasteiger partial charge on any atom is -0.324 e. The summed E-state index contributed by atoms with van der Waals surface area (Å²) in [6.45, 7) is 1.28. The van der Waals surface area contributed by atoms with Gasteiger partial charge in [-0.1, -0.05) is 5.21 Å². The first-order valence-electron chi connectivity index (χ1n) is 5.76. The molecule has 0 spiro atoms. The first-order valence-corrected chi connectivity index (χ1v) is 5.76. The maximum Gasteiger partial charge on any atom is 0.246 e. The molecule has 1 heterocycles. The van der Waals surface area contributed by atoms with Crippen LogP contribution in [-0.2, 0) is 16.1 Å². The van der Waals surface area contributed by atoms with Crippen LogP contribution in [0.15, 0.2) is 30.5 Å². The predicted octanol–water partition coefficient (Wildman–Crippen LogP) is 1.01. The van der Waals surface area contributed by atoms with E-state index in [-0.39, 0.29) is 30.0 Å². The molecule has 20 heavy (non-hydrogen) atoms. The summed E-state index contributed by atoms with van der Waals surface area (Å²) in [5.74, 6) is -0.713. The van der Waals surface area contributed by atoms with E-state index in [1.165, 1.54) is 42.1 Å². The zero-order valence-corrected chi connectivity index (χ0v) is 10.6. The van der Waals surface area contributed by atoms with Gasteiger partial charge in [0.2, 0.25) is 11.8 Å². The number of rotatable bonds is 4. The van der Waals surface area contributed by atoms with Crippen LogP contribution in [0.2, 0.25) is 0 Å². The van der Waals surface area contributed by atoms with Gasteiger partial charge in [0.05, 0.1) is 6.20 Å². The van der Waals surface area contributed by atoms with Crippen LogP contribution in [0, 0.1) is 5.82 Å². The van der Waals surface area contributed by atoms with Crippen LogP contribution in [0.4, 0.5) is 15.9 Å². The van der Waals surface area contributed by atoms with Gasteiger partial charge >= 0.3 is 0 Å². The Kier molecular flexibility index (Phi) is 4.04. The fourth-order valence-electron chi connectivity index (χ4n) is 1.49. The SMILES string of the molecule is CC(=O)Nc1cn(CC(=O)Nc2ccc(F)cc2)nn1. The number of hydrogen-bond donors (Lipinski definition) is 2. The fourth-order valence-corrected chi connectivity index (χ4v) is 1.49. The molecule has 0 aliphatic heterocycles. The van der Waals surface area contributed by atoms with Crippen molar-refractivity contribution in [2.45, 2.75) is 13.5 Å². The lowest BCUT2D eigenvalue weighted by Gasteiger charge is -2.04. The number of hydrogen-bond acceptors (Lipinski definition) is 4. The van der Waals surface area contributed by atoms with E-state index in [4.69, 9.17) is 0 Å². The number of carbonyl (C=O) groups excluding carboxylic acids is 2. The lowest BCUT2D eigenvalue weighted by atomic mass is 10.3. The van der Waals surface area contributed by atoms with Crippen molar-refractivity contribution >= 4 is 23.3 Å². The van der Waals surface area contributed by atoms with E-state index >= 15 is 0 Å². The molecular weight excluding hydrogens is 265 g/mol. The van der Waals surface area contributed by atoms with Gasteiger partial charge in [-0.2, -0.15) is 0 Å². The van der Waals surface area contributed by atoms with E-state index in [0.29, 0.717) is 5.69 Å². The normalized spacial score (nSPS) is 10.1. The zero-order chi connectivity index (χ0) is 14.5. The summed E-state index contributed by atoms with van der Waals surface area (Å²) in [5, 5.41) is 12.4. The molecule has 1 aromatic carbocycles. The zero-order valence-electron chi connectivity index (χ0n) is 10.6. The molecule has 8 heteroatoms. The minimum absolute atomic E-state index is 0.0655. The van der Waals surface area contributed by atoms with Gasteiger partial charge in [-0.05, 0) is 24.3 Å². The van der Waals surface area contributed by atoms with E-state index in [0.717, 1.165) is 0 Å². The molecule has 0 aliphatic rings. The number of carbonyl (C=O) groups is 2. The van der Waals surface area contributed by atoms with E-state index < -0.39 is 0 Å². The number of halogens is 1. The quantitative estimate of drug-likeness (QED) is 0.873. The minimum atomic E-state index is -0.376. The van der Waals surface area contributed by atoms with Gasteiger partial charge < -0.3 is 10.6 Å². The molecule has 0 unspecified atom stereocenters. The molecule has 1 aromatic heterocycles. The molecule has 0 radical (unpaired) electrons. The van der Waals surface area contributed by atoms with Crippen LogP contribution in [0.25, 0.3) is 0 Å². The number of aromatic nitrogens is 3. The van der Waals surface area contributed by atoms with Crippen LogP contribution >= 0.6 is 0 Å². The molecule has 2 N–H and O–H groups in total. The molecule has 0 saturated heterocycles. The summed E-state index contributed by atoms with van der Waals surface area (Å²) in [6.07, 6.45) is 1.44. The molecule has 104 valence electrons. The second-order valence-corrected chi connectivity index (χ2v) is 4.04. The Hall–Kier alpha value is -2.77. The van der Waals surface area contributed by atoms with Crippen LogP contribution in [0.5, 0.6) is 0 Å². The Labute approximate surface area is 113 Å². The maximum absolute atomic E-state index is 12.7. The van der Waals surface area contributed by atoms with Crippen molar-refractivity contribution in [3.8, 4) is 0 Å². The Morgan fingerprint density at radius 3 is 2.60 bits per heavy atom. The summed E-state index contributed by atoms with van der Waals surface area (Å²) in [6, 6.07) is 5.41. The first-order chi connectivity index (χ1) is 9.52. The van der Waals surface area contributed by atoms with Crippen molar-refractivity contribution in [3.05, 3.63) is 36.3 Å². The lowest BCUT2D eigenvalue weighted by molar-refractivity contribution is -0.117. The summed E-state index contributed by atoms with van der Waals surface area (Å²) >= 11 is 0. The van der Waals surface area contributed by atoms with Crippen LogP contribution < -0.4 is 10.6 Å². The molecule has 0 aliphatic carbocycles. The third-order valence-electron chi connectivity index (χ3n) is 2.28. The van der Waals surface area contributed by atoms with Crippen LogP contribution in [0.3, 0.4) is 0 Å². The van der Waals surface area contributed by atoms with Gasteiger partial charge in [0.1, 0.15) is 12.4 Å². The standard InChI is InChI=1S/C12H12FN5O2/c1-8(19)14-11-6-18(17-16-11)7-12(20)15-10-4-2-9(13)3-5-10/h2-6H,7H2,1H3,(H,14,19)(H,15,20). The molecule has 2 aromatic rings. The molecule has 2 rings (SSSR count). The number of benzene rings is 1. The molecular formula is C12H12FN5O2. The predicted molar refractivity (Wildman–Crippen MR) is 69.4 cm³/mol. The molecule has 0 atom stereocenters. The highest BCUT2D eigenvalue weighted by Crippen LogP contribution is 2.08. The van der Waals surface area contributed by atoms with Crippen molar-refractivity contribution in [1.82, 2.24) is 15.0 Å². The number of nitrogens with zero attached hydrogens (tertiary/aromatic N) is 3. The average Bonchev–Trinajstić information content (AvgIpc) is 2.78. The number of amides is 2. The summed E-state index contributed by atoms with van der Waals surface area (Å²) in [7, 11) is 0. The van der Waals surface area contributed by atoms with E-state index in [2.05, 4.69) is 20.9 Å². The van der Waals surface area contributed by atoms with Crippen LogP contribution in [0.1, 0.15) is 6.92 Å². The van der Waals surface area contributed by atoms with E-state index in [1.54, 1.807) is 0 Å². The van der Waals surface area contributed by atoms with Crippen molar-refractivity contribution < 1.29 is 14.0 Å². The maximum atomic E-state index is 12.7. The second-order valence-electron chi connectivity index (χ2n) is 4.04. The largest absolute Gasteiger partial charge is 0.324 e.